The van der Waals surface area contributed by atoms with E-state index < -0.39 is 48.9 Å². The smallest absolute Gasteiger partial charge is 0.303 e. The number of carboxylic acid groups (broad SMARTS) is 1. The summed E-state index contributed by atoms with van der Waals surface area (Å²) in [5.74, 6) is -4.71. The summed E-state index contributed by atoms with van der Waals surface area (Å²) >= 11 is 0. The molecule has 0 aliphatic carbocycles. The fraction of sp³-hybridized carbons (Fsp3) is 0.323. The van der Waals surface area contributed by atoms with Crippen LogP contribution in [0.25, 0.3) is 0 Å². The van der Waals surface area contributed by atoms with Crippen molar-refractivity contribution in [1.82, 2.24) is 5.32 Å². The molecule has 0 radical (unpaired) electrons. The number of ketones is 1. The van der Waals surface area contributed by atoms with E-state index in [0.29, 0.717) is 36.9 Å². The highest BCUT2D eigenvalue weighted by molar-refractivity contribution is 7.92. The Morgan fingerprint density at radius 2 is 1.17 bits per heavy atom. The largest absolute Gasteiger partial charge is 0.481 e. The van der Waals surface area contributed by atoms with Crippen molar-refractivity contribution in [2.45, 2.75) is 49.3 Å². The number of carboxylic acids is 1. The second kappa shape index (κ2) is 14.4. The summed E-state index contributed by atoms with van der Waals surface area (Å²) in [6.07, 6.45) is 1.85. The molecule has 42 heavy (non-hydrogen) atoms. The first kappa shape index (κ1) is 32.7. The van der Waals surface area contributed by atoms with E-state index in [1.54, 1.807) is 50.2 Å². The van der Waals surface area contributed by atoms with E-state index in [1.165, 1.54) is 36.4 Å². The number of rotatable bonds is 15. The number of nitrogens with one attached hydrogen (secondary N) is 1. The highest BCUT2D eigenvalue weighted by Crippen LogP contribution is 2.25. The second-order valence-corrected chi connectivity index (χ2v) is 14.2. The summed E-state index contributed by atoms with van der Waals surface area (Å²) in [7, 11) is -8.07. The van der Waals surface area contributed by atoms with E-state index in [1.807, 2.05) is 0 Å². The Hall–Kier alpha value is -3.83. The molecule has 0 atom stereocenters. The van der Waals surface area contributed by atoms with Gasteiger partial charge in [-0.3, -0.25) is 14.4 Å². The van der Waals surface area contributed by atoms with Gasteiger partial charge in [0.15, 0.2) is 25.5 Å². The lowest BCUT2D eigenvalue weighted by Gasteiger charge is -2.18. The summed E-state index contributed by atoms with van der Waals surface area (Å²) in [6, 6.07) is 18.3. The molecule has 3 aromatic carbocycles. The van der Waals surface area contributed by atoms with E-state index in [4.69, 9.17) is 5.11 Å². The van der Waals surface area contributed by atoms with Gasteiger partial charge in [0.2, 0.25) is 0 Å². The average molecular weight is 614 g/mol. The standard InChI is InChI=1S/C31H35NO8S2/c1-22-10-5-7-12-27(22)41(37,38)20-26(21-42(39,40)28-13-8-6-11-23(28)2)30(35)24-15-17-25(18-16-24)31(36)32-19-9-3-4-14-29(33)34/h5-8,10-13,15-18,26H,3-4,9,14,19-21H2,1-2H3,(H,32,36)(H,33,34). The molecular weight excluding hydrogens is 578 g/mol. The molecule has 2 N–H and O–H groups in total. The number of amides is 1. The minimum atomic E-state index is -4.03. The summed E-state index contributed by atoms with van der Waals surface area (Å²) < 4.78 is 53.6. The van der Waals surface area contributed by atoms with Crippen molar-refractivity contribution < 1.29 is 36.3 Å². The van der Waals surface area contributed by atoms with E-state index in [-0.39, 0.29) is 33.2 Å². The molecule has 0 aromatic heterocycles. The zero-order chi connectivity index (χ0) is 30.9. The van der Waals surface area contributed by atoms with Gasteiger partial charge in [-0.05, 0) is 62.1 Å². The van der Waals surface area contributed by atoms with E-state index in [0.717, 1.165) is 0 Å². The maximum atomic E-state index is 13.7. The van der Waals surface area contributed by atoms with E-state index in [9.17, 15) is 31.2 Å². The number of aryl methyl sites for hydroxylation is 2. The van der Waals surface area contributed by atoms with E-state index in [2.05, 4.69) is 5.32 Å². The fourth-order valence-corrected chi connectivity index (χ4v) is 8.42. The summed E-state index contributed by atoms with van der Waals surface area (Å²) in [5, 5.41) is 11.4. The number of carbonyl (C=O) groups is 3. The summed E-state index contributed by atoms with van der Waals surface area (Å²) in [6.45, 7) is 3.62. The maximum absolute atomic E-state index is 13.7. The quantitative estimate of drug-likeness (QED) is 0.189. The molecule has 0 saturated carbocycles. The van der Waals surface area contributed by atoms with Crippen molar-refractivity contribution in [3.63, 3.8) is 0 Å². The zero-order valence-corrected chi connectivity index (χ0v) is 25.2. The van der Waals surface area contributed by atoms with Gasteiger partial charge in [-0.2, -0.15) is 0 Å². The Bertz CT molecular complexity index is 1570. The fourth-order valence-electron chi connectivity index (χ4n) is 4.62. The molecule has 0 heterocycles. The molecule has 0 aliphatic heterocycles. The molecule has 0 bridgehead atoms. The van der Waals surface area contributed by atoms with Crippen molar-refractivity contribution in [1.29, 1.82) is 0 Å². The predicted molar refractivity (Wildman–Crippen MR) is 159 cm³/mol. The van der Waals surface area contributed by atoms with Crippen LogP contribution in [0.5, 0.6) is 0 Å². The lowest BCUT2D eigenvalue weighted by atomic mass is 9.99. The number of carbonyl (C=O) groups excluding carboxylic acids is 2. The first-order valence-electron chi connectivity index (χ1n) is 13.5. The first-order chi connectivity index (χ1) is 19.8. The average Bonchev–Trinajstić information content (AvgIpc) is 2.94. The van der Waals surface area contributed by atoms with Crippen LogP contribution in [0.4, 0.5) is 0 Å². The van der Waals surface area contributed by atoms with Gasteiger partial charge in [0.05, 0.1) is 27.2 Å². The molecular formula is C31H35NO8S2. The van der Waals surface area contributed by atoms with Crippen molar-refractivity contribution in [3.8, 4) is 0 Å². The Balaban J connectivity index is 1.82. The minimum Gasteiger partial charge on any atom is -0.481 e. The molecule has 9 nitrogen and oxygen atoms in total. The van der Waals surface area contributed by atoms with E-state index >= 15 is 0 Å². The number of unbranched alkanes of at least 4 members (excludes halogenated alkanes) is 2. The van der Waals surface area contributed by atoms with Crippen LogP contribution in [0.1, 0.15) is 57.5 Å². The molecule has 0 saturated heterocycles. The lowest BCUT2D eigenvalue weighted by molar-refractivity contribution is -0.137. The van der Waals surface area contributed by atoms with Crippen molar-refractivity contribution in [2.24, 2.45) is 5.92 Å². The molecule has 0 unspecified atom stereocenters. The number of benzene rings is 3. The molecule has 0 spiro atoms. The molecule has 3 rings (SSSR count). The van der Waals surface area contributed by atoms with Crippen LogP contribution in [-0.4, -0.2) is 57.7 Å². The first-order valence-corrected chi connectivity index (χ1v) is 16.8. The Morgan fingerprint density at radius 3 is 1.64 bits per heavy atom. The normalized spacial score (nSPS) is 11.8. The minimum absolute atomic E-state index is 0.0334. The number of hydrogen-bond acceptors (Lipinski definition) is 7. The third kappa shape index (κ3) is 8.83. The predicted octanol–water partition coefficient (Wildman–Crippen LogP) is 4.42. The monoisotopic (exact) mass is 613 g/mol. The van der Waals surface area contributed by atoms with Gasteiger partial charge in [0, 0.05) is 24.1 Å². The van der Waals surface area contributed by atoms with Crippen LogP contribution in [-0.2, 0) is 24.5 Å². The summed E-state index contributed by atoms with van der Waals surface area (Å²) in [5.41, 5.74) is 1.34. The third-order valence-corrected chi connectivity index (χ3v) is 10.8. The van der Waals surface area contributed by atoms with Crippen molar-refractivity contribution in [3.05, 3.63) is 95.1 Å². The van der Waals surface area contributed by atoms with Gasteiger partial charge in [0.1, 0.15) is 0 Å². The highest BCUT2D eigenvalue weighted by atomic mass is 32.2. The van der Waals surface area contributed by atoms with Crippen LogP contribution < -0.4 is 5.32 Å². The van der Waals surface area contributed by atoms with Gasteiger partial charge < -0.3 is 10.4 Å². The topological polar surface area (TPSA) is 152 Å². The van der Waals surface area contributed by atoms with Crippen LogP contribution in [0.3, 0.4) is 0 Å². The van der Waals surface area contributed by atoms with Crippen molar-refractivity contribution >= 4 is 37.3 Å². The molecule has 11 heteroatoms. The number of hydrogen-bond donors (Lipinski definition) is 2. The van der Waals surface area contributed by atoms with Gasteiger partial charge in [-0.25, -0.2) is 16.8 Å². The maximum Gasteiger partial charge on any atom is 0.303 e. The number of aliphatic carboxylic acids is 1. The van der Waals surface area contributed by atoms with Gasteiger partial charge >= 0.3 is 5.97 Å². The lowest BCUT2D eigenvalue weighted by Crippen LogP contribution is -2.31. The van der Waals surface area contributed by atoms with Crippen LogP contribution >= 0.6 is 0 Å². The van der Waals surface area contributed by atoms with Crippen LogP contribution in [0.2, 0.25) is 0 Å². The van der Waals surface area contributed by atoms with Crippen LogP contribution in [0, 0.1) is 19.8 Å². The molecule has 1 amide bonds. The highest BCUT2D eigenvalue weighted by Gasteiger charge is 2.33. The van der Waals surface area contributed by atoms with Crippen LogP contribution in [0.15, 0.2) is 82.6 Å². The zero-order valence-electron chi connectivity index (χ0n) is 23.6. The Morgan fingerprint density at radius 1 is 0.690 bits per heavy atom. The Kier molecular flexibility index (Phi) is 11.2. The number of Topliss-reactive ketones (excluding diaryl/α,β-unsaturated/α-hetero) is 1. The summed E-state index contributed by atoms with van der Waals surface area (Å²) in [4.78, 5) is 36.8. The van der Waals surface area contributed by atoms with Gasteiger partial charge in [-0.15, -0.1) is 0 Å². The molecule has 0 aliphatic rings. The van der Waals surface area contributed by atoms with Gasteiger partial charge in [0.25, 0.3) is 5.91 Å². The number of sulfone groups is 2. The second-order valence-electron chi connectivity index (χ2n) is 10.2. The molecule has 224 valence electrons. The third-order valence-electron chi connectivity index (χ3n) is 6.85. The Labute approximate surface area is 246 Å². The SMILES string of the molecule is Cc1ccccc1S(=O)(=O)CC(CS(=O)(=O)c1ccccc1C)C(=O)c1ccc(C(=O)NCCCCCC(=O)O)cc1. The molecule has 3 aromatic rings. The van der Waals surface area contributed by atoms with Gasteiger partial charge in [-0.1, -0.05) is 55.0 Å². The van der Waals surface area contributed by atoms with Crippen molar-refractivity contribution in [2.75, 3.05) is 18.1 Å². The molecule has 0 fully saturated rings.